The van der Waals surface area contributed by atoms with Crippen LogP contribution >= 0.6 is 0 Å². The molecule has 0 bridgehead atoms. The zero-order chi connectivity index (χ0) is 16.5. The van der Waals surface area contributed by atoms with Crippen LogP contribution in [0.3, 0.4) is 0 Å². The van der Waals surface area contributed by atoms with E-state index in [1.807, 2.05) is 0 Å². The molecular weight excluding hydrogens is 403 g/mol. The van der Waals surface area contributed by atoms with E-state index in [4.69, 9.17) is 0 Å². The molecule has 0 atom stereocenters. The number of hydrogen-bond donors (Lipinski definition) is 1. The molecule has 0 aromatic heterocycles. The van der Waals surface area contributed by atoms with Gasteiger partial charge in [0.2, 0.25) is 0 Å². The van der Waals surface area contributed by atoms with Crippen molar-refractivity contribution >= 4 is 16.5 Å². The maximum Gasteiger partial charge on any atom is -0.0149 e. The van der Waals surface area contributed by atoms with Crippen LogP contribution in [-0.4, -0.2) is 35.5 Å². The molecule has 1 aliphatic carbocycles. The summed E-state index contributed by atoms with van der Waals surface area (Å²) in [5, 5.41) is 4.94. The Bertz CT molecular complexity index is 606. The summed E-state index contributed by atoms with van der Waals surface area (Å²) in [6.07, 6.45) is 3.55. The molecule has 1 aromatic carbocycles. The SMILES string of the molecule is CN(C)C1=C(c2ccccc2)C=[C]([Ti+2]([CH3])([CH3])[NH]C(C)(C)C)C1.[Cl-].[Cl-].[SiH4]. The molecule has 1 N–H and O–H groups in total. The van der Waals surface area contributed by atoms with Gasteiger partial charge in [-0.05, 0) is 11.0 Å². The predicted molar refractivity (Wildman–Crippen MR) is 106 cm³/mol. The van der Waals surface area contributed by atoms with Crippen LogP contribution in [0.1, 0.15) is 32.8 Å². The van der Waals surface area contributed by atoms with E-state index in [1.54, 1.807) is 3.88 Å². The Hall–Kier alpha value is -0.0288. The van der Waals surface area contributed by atoms with Gasteiger partial charge in [0.1, 0.15) is 0 Å². The van der Waals surface area contributed by atoms with Crippen LogP contribution in [-0.2, 0) is 16.8 Å². The van der Waals surface area contributed by atoms with Gasteiger partial charge >= 0.3 is 140 Å². The minimum atomic E-state index is -2.19. The molecule has 0 heterocycles. The Balaban J connectivity index is 0. The van der Waals surface area contributed by atoms with Gasteiger partial charge in [0.15, 0.2) is 0 Å². The molecule has 142 valence electrons. The summed E-state index contributed by atoms with van der Waals surface area (Å²) in [6.45, 7) is 6.82. The number of benzene rings is 1. The van der Waals surface area contributed by atoms with Gasteiger partial charge in [-0.25, -0.2) is 0 Å². The van der Waals surface area contributed by atoms with Crippen molar-refractivity contribution in [2.45, 2.75) is 43.2 Å². The Kier molecular flexibility index (Phi) is 11.2. The summed E-state index contributed by atoms with van der Waals surface area (Å²) in [5.74, 6) is 0. The maximum absolute atomic E-state index is 3.94. The van der Waals surface area contributed by atoms with Crippen LogP contribution in [0.15, 0.2) is 46.0 Å². The normalized spacial score (nSPS) is 13.5. The van der Waals surface area contributed by atoms with E-state index in [9.17, 15) is 0 Å². The molecule has 1 aliphatic rings. The molecule has 25 heavy (non-hydrogen) atoms. The zero-order valence-corrected chi connectivity index (χ0v) is 18.9. The monoisotopic (exact) mass is 436 g/mol. The number of allylic oxidation sites excluding steroid dienone is 3. The van der Waals surface area contributed by atoms with Crippen molar-refractivity contribution in [2.75, 3.05) is 14.1 Å². The van der Waals surface area contributed by atoms with Crippen LogP contribution in [0, 0.1) is 0 Å². The first-order valence-corrected chi connectivity index (χ1v) is 12.7. The second-order valence-corrected chi connectivity index (χ2v) is 14.4. The van der Waals surface area contributed by atoms with Crippen molar-refractivity contribution in [3.63, 3.8) is 0 Å². The van der Waals surface area contributed by atoms with E-state index in [2.05, 4.69) is 90.4 Å². The first kappa shape index (κ1) is 27.2. The molecule has 0 amide bonds. The van der Waals surface area contributed by atoms with Crippen molar-refractivity contribution in [1.29, 1.82) is 0 Å². The minimum absolute atomic E-state index is 0. The van der Waals surface area contributed by atoms with Crippen LogP contribution in [0.2, 0.25) is 10.5 Å². The van der Waals surface area contributed by atoms with Crippen molar-refractivity contribution in [1.82, 2.24) is 8.70 Å². The average molecular weight is 437 g/mol. The maximum atomic E-state index is 3.94. The predicted octanol–water partition coefficient (Wildman–Crippen LogP) is -2.64. The van der Waals surface area contributed by atoms with Gasteiger partial charge in [-0.3, -0.25) is 0 Å². The first-order valence-electron chi connectivity index (χ1n) is 8.06. The second kappa shape index (κ2) is 10.3. The molecule has 2 rings (SSSR count). The molecule has 2 nitrogen and oxygen atoms in total. The number of hydrogen-bond acceptors (Lipinski definition) is 2. The average Bonchev–Trinajstić information content (AvgIpc) is 2.83. The Morgan fingerprint density at radius 2 is 1.52 bits per heavy atom. The van der Waals surface area contributed by atoms with Crippen molar-refractivity contribution in [3.8, 4) is 0 Å². The quantitative estimate of drug-likeness (QED) is 0.519. The van der Waals surface area contributed by atoms with Gasteiger partial charge in [0, 0.05) is 0 Å². The summed E-state index contributed by atoms with van der Waals surface area (Å²) in [5.41, 5.74) is 4.35. The van der Waals surface area contributed by atoms with Gasteiger partial charge in [0.05, 0.1) is 0 Å². The summed E-state index contributed by atoms with van der Waals surface area (Å²) in [4.78, 5) is 2.28. The first-order chi connectivity index (χ1) is 10.1. The number of rotatable bonds is 4. The molecule has 0 fully saturated rings. The molecule has 0 spiro atoms. The summed E-state index contributed by atoms with van der Waals surface area (Å²) in [6, 6.07) is 10.8. The molecule has 0 saturated carbocycles. The van der Waals surface area contributed by atoms with Gasteiger partial charge in [-0.15, -0.1) is 0 Å². The van der Waals surface area contributed by atoms with Gasteiger partial charge in [0.25, 0.3) is 0 Å². The van der Waals surface area contributed by atoms with E-state index in [1.165, 1.54) is 16.8 Å². The van der Waals surface area contributed by atoms with Crippen molar-refractivity contribution in [2.24, 2.45) is 0 Å². The standard InChI is InChI=1S/C13H14N.C4H10N.2CH3.2ClH.H4Si.Ti/c1-14(2)13-10-6-9-12(13)11-7-4-3-5-8-11;1-4(2,3)5;;;;;;/h3-5,7-9H,10H2,1-2H3;5H,1-3H3;2*1H3;2*1H;1H4;/q;-1;;;;;;+3/p-2. The molecule has 0 aliphatic heterocycles. The molecule has 0 saturated heterocycles. The van der Waals surface area contributed by atoms with E-state index in [-0.39, 0.29) is 41.3 Å². The number of nitrogens with one attached hydrogen (secondary N) is 1. The third-order valence-electron chi connectivity index (χ3n) is 4.10. The Labute approximate surface area is 175 Å². The third-order valence-corrected chi connectivity index (χ3v) is 9.26. The minimum Gasteiger partial charge on any atom is -1.00 e. The van der Waals surface area contributed by atoms with E-state index in [0.29, 0.717) is 0 Å². The van der Waals surface area contributed by atoms with Gasteiger partial charge < -0.3 is 24.8 Å². The largest absolute Gasteiger partial charge is 1.00 e. The van der Waals surface area contributed by atoms with Gasteiger partial charge in [-0.1, -0.05) is 0 Å². The van der Waals surface area contributed by atoms with Crippen LogP contribution in [0.5, 0.6) is 0 Å². The topological polar surface area (TPSA) is 15.3 Å². The molecule has 1 aromatic rings. The van der Waals surface area contributed by atoms with Crippen LogP contribution < -0.4 is 28.6 Å². The fourth-order valence-corrected chi connectivity index (χ4v) is 8.19. The molecule has 6 heteroatoms. The van der Waals surface area contributed by atoms with E-state index in [0.717, 1.165) is 6.42 Å². The van der Waals surface area contributed by atoms with E-state index >= 15 is 0 Å². The smallest absolute Gasteiger partial charge is 0.0149 e. The van der Waals surface area contributed by atoms with Crippen LogP contribution in [0.25, 0.3) is 5.57 Å². The van der Waals surface area contributed by atoms with Crippen molar-refractivity contribution in [3.05, 3.63) is 51.5 Å². The Morgan fingerprint density at radius 1 is 1.00 bits per heavy atom. The molecule has 0 radical (unpaired) electrons. The summed E-state index contributed by atoms with van der Waals surface area (Å²) in [7, 11) is 4.32. The zero-order valence-electron chi connectivity index (χ0n) is 15.9. The molecule has 0 unspecified atom stereocenters. The second-order valence-electron chi connectivity index (χ2n) is 7.97. The fraction of sp³-hybridized carbons (Fsp3) is 0.474. The van der Waals surface area contributed by atoms with E-state index < -0.39 is 16.8 Å². The van der Waals surface area contributed by atoms with Crippen LogP contribution in [0.4, 0.5) is 0 Å². The summed E-state index contributed by atoms with van der Waals surface area (Å²) < 4.78 is 5.58. The number of halogens is 2. The van der Waals surface area contributed by atoms with Gasteiger partial charge in [-0.2, -0.15) is 0 Å². The fourth-order valence-electron chi connectivity index (χ4n) is 3.27. The molecular formula is C19H34Cl2N2SiTi. The third kappa shape index (κ3) is 7.24. The summed E-state index contributed by atoms with van der Waals surface area (Å²) >= 11 is -2.19. The number of nitrogens with zero attached hydrogens (tertiary/aromatic N) is 1. The van der Waals surface area contributed by atoms with Crippen molar-refractivity contribution < 1.29 is 41.7 Å². The Morgan fingerprint density at radius 3 is 1.96 bits per heavy atom.